The average molecular weight is 393 g/mol. The number of carbonyl (C=O) groups is 1. The second kappa shape index (κ2) is 8.25. The largest absolute Gasteiger partial charge is 0.495 e. The molecular weight excluding hydrogens is 372 g/mol. The monoisotopic (exact) mass is 393 g/mol. The fourth-order valence-electron chi connectivity index (χ4n) is 2.33. The highest BCUT2D eigenvalue weighted by atomic mass is 32.2. The van der Waals surface area contributed by atoms with Crippen molar-refractivity contribution >= 4 is 15.9 Å². The number of nitrogens with zero attached hydrogens (tertiary/aromatic N) is 1. The van der Waals surface area contributed by atoms with Gasteiger partial charge in [0.25, 0.3) is 11.8 Å². The van der Waals surface area contributed by atoms with Crippen LogP contribution in [0.3, 0.4) is 0 Å². The highest BCUT2D eigenvalue weighted by Gasteiger charge is 2.31. The minimum absolute atomic E-state index is 0.0559. The zero-order chi connectivity index (χ0) is 19.4. The molecule has 1 aromatic rings. The van der Waals surface area contributed by atoms with Gasteiger partial charge in [0, 0.05) is 18.7 Å². The van der Waals surface area contributed by atoms with E-state index in [-0.39, 0.29) is 42.5 Å². The molecule has 1 heterocycles. The van der Waals surface area contributed by atoms with E-state index in [9.17, 15) is 22.0 Å². The number of nitrogens with one attached hydrogen (secondary N) is 1. The van der Waals surface area contributed by atoms with Crippen molar-refractivity contribution in [2.75, 3.05) is 46.5 Å². The Morgan fingerprint density at radius 2 is 2.04 bits per heavy atom. The lowest BCUT2D eigenvalue weighted by atomic mass is 10.2. The highest BCUT2D eigenvalue weighted by molar-refractivity contribution is 7.89. The summed E-state index contributed by atoms with van der Waals surface area (Å²) in [6, 6.07) is 3.72. The van der Waals surface area contributed by atoms with Crippen molar-refractivity contribution in [1.82, 2.24) is 9.62 Å². The van der Waals surface area contributed by atoms with E-state index in [4.69, 9.17) is 15.2 Å². The SMILES string of the molecule is COc1ccc(C(=O)NCC(F)(F)CN)cc1S(=O)(=O)N1CCOCC1. The van der Waals surface area contributed by atoms with Gasteiger partial charge in [0.05, 0.1) is 33.4 Å². The third-order valence-electron chi connectivity index (χ3n) is 3.82. The predicted octanol–water partition coefficient (Wildman–Crippen LogP) is 0.0399. The first-order valence-corrected chi connectivity index (χ1v) is 9.27. The molecule has 3 N–H and O–H groups in total. The number of hydrogen-bond acceptors (Lipinski definition) is 6. The minimum atomic E-state index is -3.93. The molecule has 1 amide bonds. The standard InChI is InChI=1S/C15H21F2N3O5S/c1-24-12-3-2-11(14(21)19-10-15(16,17)9-18)8-13(12)26(22,23)20-4-6-25-7-5-20/h2-3,8H,4-7,9-10,18H2,1H3,(H,19,21). The molecule has 1 saturated heterocycles. The second-order valence-electron chi connectivity index (χ2n) is 5.62. The van der Waals surface area contributed by atoms with Crippen LogP contribution < -0.4 is 15.8 Å². The number of halogens is 2. The fraction of sp³-hybridized carbons (Fsp3) is 0.533. The smallest absolute Gasteiger partial charge is 0.277 e. The van der Waals surface area contributed by atoms with Crippen molar-refractivity contribution in [2.24, 2.45) is 5.73 Å². The molecule has 0 aliphatic carbocycles. The highest BCUT2D eigenvalue weighted by Crippen LogP contribution is 2.28. The maximum Gasteiger partial charge on any atom is 0.277 e. The Morgan fingerprint density at radius 3 is 2.62 bits per heavy atom. The van der Waals surface area contributed by atoms with Gasteiger partial charge in [-0.25, -0.2) is 17.2 Å². The average Bonchev–Trinajstić information content (AvgIpc) is 2.66. The molecule has 26 heavy (non-hydrogen) atoms. The maximum atomic E-state index is 13.2. The first kappa shape index (κ1) is 20.5. The van der Waals surface area contributed by atoms with Gasteiger partial charge >= 0.3 is 0 Å². The number of morpholine rings is 1. The summed E-state index contributed by atoms with van der Waals surface area (Å²) in [6.07, 6.45) is 0. The van der Waals surface area contributed by atoms with E-state index in [0.29, 0.717) is 0 Å². The van der Waals surface area contributed by atoms with E-state index in [0.717, 1.165) is 6.07 Å². The Morgan fingerprint density at radius 1 is 1.38 bits per heavy atom. The summed E-state index contributed by atoms with van der Waals surface area (Å²) in [6.45, 7) is -0.993. The number of benzene rings is 1. The van der Waals surface area contributed by atoms with E-state index < -0.39 is 34.9 Å². The first-order chi connectivity index (χ1) is 12.2. The normalized spacial score (nSPS) is 16.3. The molecule has 1 aliphatic heterocycles. The van der Waals surface area contributed by atoms with Crippen molar-refractivity contribution in [2.45, 2.75) is 10.8 Å². The van der Waals surface area contributed by atoms with Crippen LogP contribution in [0.4, 0.5) is 8.78 Å². The number of alkyl halides is 2. The zero-order valence-corrected chi connectivity index (χ0v) is 15.0. The maximum absolute atomic E-state index is 13.2. The lowest BCUT2D eigenvalue weighted by Crippen LogP contribution is -2.42. The summed E-state index contributed by atoms with van der Waals surface area (Å²) in [5, 5.41) is 2.05. The Labute approximate surface area is 150 Å². The molecule has 0 atom stereocenters. The van der Waals surface area contributed by atoms with Crippen molar-refractivity contribution in [3.8, 4) is 5.75 Å². The molecule has 11 heteroatoms. The second-order valence-corrected chi connectivity index (χ2v) is 7.53. The van der Waals surface area contributed by atoms with Crippen LogP contribution in [0.2, 0.25) is 0 Å². The fourth-order valence-corrected chi connectivity index (χ4v) is 3.92. The number of methoxy groups -OCH3 is 1. The number of sulfonamides is 1. The Bertz CT molecular complexity index is 752. The Balaban J connectivity index is 2.29. The number of carbonyl (C=O) groups excluding carboxylic acids is 1. The number of nitrogens with two attached hydrogens (primary N) is 1. The third-order valence-corrected chi connectivity index (χ3v) is 5.74. The first-order valence-electron chi connectivity index (χ1n) is 7.83. The van der Waals surface area contributed by atoms with Crippen molar-refractivity contribution < 1.29 is 31.5 Å². The summed E-state index contributed by atoms with van der Waals surface area (Å²) in [5.41, 5.74) is 4.84. The van der Waals surface area contributed by atoms with Gasteiger partial charge in [-0.15, -0.1) is 0 Å². The molecule has 0 unspecified atom stereocenters. The van der Waals surface area contributed by atoms with Crippen LogP contribution in [0, 0.1) is 0 Å². The van der Waals surface area contributed by atoms with Gasteiger partial charge in [-0.2, -0.15) is 4.31 Å². The molecule has 8 nitrogen and oxygen atoms in total. The summed E-state index contributed by atoms with van der Waals surface area (Å²) in [7, 11) is -2.63. The minimum Gasteiger partial charge on any atom is -0.495 e. The van der Waals surface area contributed by atoms with Crippen LogP contribution >= 0.6 is 0 Å². The molecule has 1 aromatic carbocycles. The third kappa shape index (κ3) is 4.67. The van der Waals surface area contributed by atoms with E-state index in [1.807, 2.05) is 5.32 Å². The summed E-state index contributed by atoms with van der Waals surface area (Å²) < 4.78 is 63.5. The van der Waals surface area contributed by atoms with Crippen LogP contribution in [0.25, 0.3) is 0 Å². The van der Waals surface area contributed by atoms with Gasteiger partial charge in [-0.3, -0.25) is 4.79 Å². The molecule has 0 saturated carbocycles. The molecule has 1 fully saturated rings. The molecule has 0 aromatic heterocycles. The van der Waals surface area contributed by atoms with Gasteiger partial charge in [-0.05, 0) is 18.2 Å². The Kier molecular flexibility index (Phi) is 6.50. The molecule has 146 valence electrons. The van der Waals surface area contributed by atoms with Crippen molar-refractivity contribution in [3.05, 3.63) is 23.8 Å². The molecule has 2 rings (SSSR count). The quantitative estimate of drug-likeness (QED) is 0.677. The predicted molar refractivity (Wildman–Crippen MR) is 88.9 cm³/mol. The van der Waals surface area contributed by atoms with Crippen LogP contribution in [0.5, 0.6) is 5.75 Å². The van der Waals surface area contributed by atoms with E-state index >= 15 is 0 Å². The van der Waals surface area contributed by atoms with Gasteiger partial charge < -0.3 is 20.5 Å². The molecule has 0 radical (unpaired) electrons. The van der Waals surface area contributed by atoms with Crippen LogP contribution in [-0.2, 0) is 14.8 Å². The van der Waals surface area contributed by atoms with E-state index in [2.05, 4.69) is 0 Å². The number of hydrogen-bond donors (Lipinski definition) is 2. The number of rotatable bonds is 7. The number of ether oxygens (including phenoxy) is 2. The molecule has 1 aliphatic rings. The van der Waals surface area contributed by atoms with Gasteiger partial charge in [-0.1, -0.05) is 0 Å². The molecule has 0 spiro atoms. The van der Waals surface area contributed by atoms with Crippen LogP contribution in [-0.4, -0.2) is 71.1 Å². The molecular formula is C15H21F2N3O5S. The topological polar surface area (TPSA) is 111 Å². The summed E-state index contributed by atoms with van der Waals surface area (Å²) in [4.78, 5) is 11.9. The zero-order valence-electron chi connectivity index (χ0n) is 14.2. The van der Waals surface area contributed by atoms with Gasteiger partial charge in [0.1, 0.15) is 10.6 Å². The summed E-state index contributed by atoms with van der Waals surface area (Å²) >= 11 is 0. The van der Waals surface area contributed by atoms with Crippen LogP contribution in [0.1, 0.15) is 10.4 Å². The van der Waals surface area contributed by atoms with Crippen LogP contribution in [0.15, 0.2) is 23.1 Å². The van der Waals surface area contributed by atoms with E-state index in [1.165, 1.54) is 23.5 Å². The van der Waals surface area contributed by atoms with Crippen molar-refractivity contribution in [1.29, 1.82) is 0 Å². The lowest BCUT2D eigenvalue weighted by Gasteiger charge is -2.26. The van der Waals surface area contributed by atoms with Gasteiger partial charge in [0.15, 0.2) is 0 Å². The van der Waals surface area contributed by atoms with Crippen molar-refractivity contribution in [3.63, 3.8) is 0 Å². The van der Waals surface area contributed by atoms with E-state index in [1.54, 1.807) is 0 Å². The Hall–Kier alpha value is -1.82. The van der Waals surface area contributed by atoms with Gasteiger partial charge in [0.2, 0.25) is 10.0 Å². The lowest BCUT2D eigenvalue weighted by molar-refractivity contribution is 0.0118. The summed E-state index contributed by atoms with van der Waals surface area (Å²) in [5.74, 6) is -4.02. The number of amides is 1. The molecule has 0 bridgehead atoms.